The van der Waals surface area contributed by atoms with Gasteiger partial charge >= 0.3 is 6.03 Å². The van der Waals surface area contributed by atoms with Gasteiger partial charge in [-0.25, -0.2) is 10.2 Å². The molecule has 0 saturated heterocycles. The van der Waals surface area contributed by atoms with Gasteiger partial charge in [0.15, 0.2) is 3.95 Å². The Morgan fingerprint density at radius 3 is 2.64 bits per heavy atom. The van der Waals surface area contributed by atoms with Crippen LogP contribution < -0.4 is 10.7 Å². The zero-order valence-electron chi connectivity index (χ0n) is 13.0. The molecule has 0 bridgehead atoms. The van der Waals surface area contributed by atoms with Crippen molar-refractivity contribution in [2.75, 3.05) is 12.4 Å². The van der Waals surface area contributed by atoms with Crippen LogP contribution in [0, 0.1) is 14.1 Å². The summed E-state index contributed by atoms with van der Waals surface area (Å²) in [5, 5.41) is 20.7. The number of rotatable bonds is 5. The molecule has 25 heavy (non-hydrogen) atoms. The fraction of sp³-hybridized carbons (Fsp3) is 0.231. The SMILES string of the molecule is CN(NC(=O)Nc1n[nH]c(=S)s1)C(=O)CCc1ccc([N+](=O)[O-])cc1. The number of aromatic amines is 1. The van der Waals surface area contributed by atoms with E-state index in [2.05, 4.69) is 20.9 Å². The number of carbonyl (C=O) groups is 2. The van der Waals surface area contributed by atoms with Gasteiger partial charge in [0.2, 0.25) is 11.0 Å². The maximum absolute atomic E-state index is 12.0. The zero-order chi connectivity index (χ0) is 18.4. The summed E-state index contributed by atoms with van der Waals surface area (Å²) in [6.07, 6.45) is 0.529. The molecule has 10 nitrogen and oxygen atoms in total. The lowest BCUT2D eigenvalue weighted by molar-refractivity contribution is -0.384. The molecule has 0 aliphatic carbocycles. The van der Waals surface area contributed by atoms with Crippen molar-refractivity contribution in [3.05, 3.63) is 43.9 Å². The van der Waals surface area contributed by atoms with E-state index in [9.17, 15) is 19.7 Å². The number of urea groups is 1. The summed E-state index contributed by atoms with van der Waals surface area (Å²) in [4.78, 5) is 33.9. The number of nitrogens with zero attached hydrogens (tertiary/aromatic N) is 3. The average Bonchev–Trinajstić information content (AvgIpc) is 2.97. The molecule has 0 spiro atoms. The Balaban J connectivity index is 1.80. The highest BCUT2D eigenvalue weighted by molar-refractivity contribution is 7.73. The standard InChI is InChI=1S/C13H14N6O4S2/c1-18(17-11(21)14-12-15-16-13(24)25-12)10(20)7-4-8-2-5-9(6-3-8)19(22)23/h2-3,5-6H,4,7H2,1H3,(H,16,24)(H2,14,15,17,21). The monoisotopic (exact) mass is 382 g/mol. The smallest absolute Gasteiger partial charge is 0.281 e. The molecule has 1 aromatic heterocycles. The summed E-state index contributed by atoms with van der Waals surface area (Å²) in [6.45, 7) is 0. The van der Waals surface area contributed by atoms with Crippen molar-refractivity contribution >= 4 is 46.3 Å². The molecule has 1 heterocycles. The van der Waals surface area contributed by atoms with Crippen LogP contribution >= 0.6 is 23.6 Å². The van der Waals surface area contributed by atoms with Gasteiger partial charge in [0.25, 0.3) is 5.69 Å². The molecule has 2 aromatic rings. The quantitative estimate of drug-likeness (QED) is 0.412. The van der Waals surface area contributed by atoms with Gasteiger partial charge in [-0.2, -0.15) is 0 Å². The molecule has 0 unspecified atom stereocenters. The molecule has 0 atom stereocenters. The van der Waals surface area contributed by atoms with Crippen LogP contribution in [0.5, 0.6) is 0 Å². The Kier molecular flexibility index (Phi) is 6.14. The molecule has 12 heteroatoms. The van der Waals surface area contributed by atoms with Gasteiger partial charge in [-0.05, 0) is 24.2 Å². The third-order valence-electron chi connectivity index (χ3n) is 3.08. The minimum absolute atomic E-state index is 0.00722. The number of nitro benzene ring substituents is 1. The van der Waals surface area contributed by atoms with E-state index in [4.69, 9.17) is 12.2 Å². The molecule has 1 aromatic carbocycles. The number of anilines is 1. The number of nitro groups is 1. The van der Waals surface area contributed by atoms with E-state index in [1.54, 1.807) is 12.1 Å². The molecular formula is C13H14N6O4S2. The third-order valence-corrected chi connectivity index (χ3v) is 4.08. The van der Waals surface area contributed by atoms with Crippen LogP contribution in [0.3, 0.4) is 0 Å². The number of aromatic nitrogens is 2. The highest BCUT2D eigenvalue weighted by Crippen LogP contribution is 2.13. The lowest BCUT2D eigenvalue weighted by Gasteiger charge is -2.18. The number of amides is 3. The largest absolute Gasteiger partial charge is 0.339 e. The highest BCUT2D eigenvalue weighted by Gasteiger charge is 2.13. The number of benzene rings is 1. The lowest BCUT2D eigenvalue weighted by atomic mass is 10.1. The Bertz CT molecular complexity index is 832. The minimum atomic E-state index is -0.621. The summed E-state index contributed by atoms with van der Waals surface area (Å²) >= 11 is 5.93. The average molecular weight is 382 g/mol. The van der Waals surface area contributed by atoms with Crippen molar-refractivity contribution in [1.82, 2.24) is 20.6 Å². The van der Waals surface area contributed by atoms with Gasteiger partial charge in [-0.15, -0.1) is 5.10 Å². The Morgan fingerprint density at radius 1 is 1.40 bits per heavy atom. The summed E-state index contributed by atoms with van der Waals surface area (Å²) in [5.41, 5.74) is 3.14. The van der Waals surface area contributed by atoms with Gasteiger partial charge < -0.3 is 0 Å². The van der Waals surface area contributed by atoms with E-state index >= 15 is 0 Å². The number of hydrogen-bond acceptors (Lipinski definition) is 7. The van der Waals surface area contributed by atoms with Gasteiger partial charge in [0.05, 0.1) is 4.92 Å². The van der Waals surface area contributed by atoms with Crippen LogP contribution in [0.2, 0.25) is 0 Å². The lowest BCUT2D eigenvalue weighted by Crippen LogP contribution is -2.45. The Labute approximate surface area is 151 Å². The van der Waals surface area contributed by atoms with Gasteiger partial charge in [-0.1, -0.05) is 23.5 Å². The van der Waals surface area contributed by atoms with Crippen molar-refractivity contribution in [1.29, 1.82) is 0 Å². The van der Waals surface area contributed by atoms with Crippen LogP contribution in [-0.2, 0) is 11.2 Å². The minimum Gasteiger partial charge on any atom is -0.281 e. The molecule has 0 aliphatic heterocycles. The first-order valence-electron chi connectivity index (χ1n) is 6.98. The molecule has 3 N–H and O–H groups in total. The second kappa shape index (κ2) is 8.30. The molecule has 0 fully saturated rings. The van der Waals surface area contributed by atoms with Crippen LogP contribution in [0.1, 0.15) is 12.0 Å². The van der Waals surface area contributed by atoms with Gasteiger partial charge in [0, 0.05) is 25.6 Å². The maximum atomic E-state index is 12.0. The predicted octanol–water partition coefficient (Wildman–Crippen LogP) is 2.24. The zero-order valence-corrected chi connectivity index (χ0v) is 14.6. The number of hydrazine groups is 1. The maximum Gasteiger partial charge on any atom is 0.339 e. The Hall–Kier alpha value is -2.86. The highest BCUT2D eigenvalue weighted by atomic mass is 32.1. The molecule has 0 saturated carbocycles. The number of non-ortho nitro benzene ring substituents is 1. The first kappa shape index (κ1) is 18.5. The van der Waals surface area contributed by atoms with Crippen LogP contribution in [0.25, 0.3) is 0 Å². The molecule has 3 amide bonds. The summed E-state index contributed by atoms with van der Waals surface area (Å²) in [5.74, 6) is -0.317. The number of nitrogens with one attached hydrogen (secondary N) is 3. The van der Waals surface area contributed by atoms with E-state index in [0.29, 0.717) is 10.4 Å². The Morgan fingerprint density at radius 2 is 2.08 bits per heavy atom. The van der Waals surface area contributed by atoms with Crippen molar-refractivity contribution in [2.45, 2.75) is 12.8 Å². The van der Waals surface area contributed by atoms with Crippen molar-refractivity contribution in [3.8, 4) is 0 Å². The van der Waals surface area contributed by atoms with E-state index in [1.165, 1.54) is 19.2 Å². The van der Waals surface area contributed by atoms with Crippen LogP contribution in [-0.4, -0.2) is 39.1 Å². The molecule has 132 valence electrons. The molecule has 2 rings (SSSR count). The normalized spacial score (nSPS) is 10.1. The van der Waals surface area contributed by atoms with Crippen LogP contribution in [0.4, 0.5) is 15.6 Å². The number of carbonyl (C=O) groups excluding carboxylic acids is 2. The summed E-state index contributed by atoms with van der Waals surface area (Å²) in [6, 6.07) is 5.33. The first-order chi connectivity index (χ1) is 11.8. The van der Waals surface area contributed by atoms with Gasteiger partial charge in [-0.3, -0.25) is 30.3 Å². The third kappa shape index (κ3) is 5.61. The van der Waals surface area contributed by atoms with Crippen molar-refractivity contribution in [3.63, 3.8) is 0 Å². The van der Waals surface area contributed by atoms with E-state index < -0.39 is 11.0 Å². The summed E-state index contributed by atoms with van der Waals surface area (Å²) in [7, 11) is 1.42. The molecule has 0 aliphatic rings. The second-order valence-corrected chi connectivity index (χ2v) is 6.53. The van der Waals surface area contributed by atoms with Crippen molar-refractivity contribution in [2.24, 2.45) is 0 Å². The van der Waals surface area contributed by atoms with Gasteiger partial charge in [0.1, 0.15) is 0 Å². The summed E-state index contributed by atoms with van der Waals surface area (Å²) < 4.78 is 0.419. The molecule has 0 radical (unpaired) electrons. The van der Waals surface area contributed by atoms with E-state index in [0.717, 1.165) is 21.9 Å². The topological polar surface area (TPSA) is 133 Å². The van der Waals surface area contributed by atoms with E-state index in [1.807, 2.05) is 0 Å². The predicted molar refractivity (Wildman–Crippen MR) is 93.6 cm³/mol. The second-order valence-electron chi connectivity index (χ2n) is 4.86. The van der Waals surface area contributed by atoms with Crippen molar-refractivity contribution < 1.29 is 14.5 Å². The number of aryl methyl sites for hydroxylation is 1. The fourth-order valence-electron chi connectivity index (χ4n) is 1.83. The first-order valence-corrected chi connectivity index (χ1v) is 8.20. The number of hydrogen-bond donors (Lipinski definition) is 3. The van der Waals surface area contributed by atoms with Crippen LogP contribution in [0.15, 0.2) is 24.3 Å². The molecular weight excluding hydrogens is 368 g/mol. The number of H-pyrrole nitrogens is 1. The van der Waals surface area contributed by atoms with E-state index in [-0.39, 0.29) is 23.1 Å². The fourth-order valence-corrected chi connectivity index (χ4v) is 2.61.